The highest BCUT2D eigenvalue weighted by atomic mass is 16.5. The first-order valence-corrected chi connectivity index (χ1v) is 12.1. The van der Waals surface area contributed by atoms with Crippen LogP contribution in [0.15, 0.2) is 73.2 Å². The molecule has 0 radical (unpaired) electrons. The molecule has 4 N–H and O–H groups in total. The number of aryl methyl sites for hydroxylation is 1. The molecule has 4 aromatic heterocycles. The van der Waals surface area contributed by atoms with E-state index >= 15 is 0 Å². The summed E-state index contributed by atoms with van der Waals surface area (Å²) in [4.78, 5) is 10.7. The van der Waals surface area contributed by atoms with Gasteiger partial charge in [-0.2, -0.15) is 10.2 Å². The Balaban J connectivity index is 1.22. The van der Waals surface area contributed by atoms with Crippen LogP contribution in [0.5, 0.6) is 11.5 Å². The number of aliphatic hydroxyl groups is 3. The lowest BCUT2D eigenvalue weighted by molar-refractivity contribution is 0.145. The molecule has 5 aromatic rings. The summed E-state index contributed by atoms with van der Waals surface area (Å²) in [5.41, 5.74) is 4.48. The fourth-order valence-corrected chi connectivity index (χ4v) is 4.88. The van der Waals surface area contributed by atoms with Crippen molar-refractivity contribution in [1.29, 1.82) is 0 Å². The van der Waals surface area contributed by atoms with Gasteiger partial charge in [0.15, 0.2) is 17.2 Å². The van der Waals surface area contributed by atoms with Crippen LogP contribution >= 0.6 is 0 Å². The Morgan fingerprint density at radius 3 is 2.68 bits per heavy atom. The first-order chi connectivity index (χ1) is 18.4. The van der Waals surface area contributed by atoms with Gasteiger partial charge in [0.2, 0.25) is 0 Å². The average molecular weight is 515 g/mol. The number of ether oxygens (including phenoxy) is 1. The second-order valence-electron chi connectivity index (χ2n) is 9.30. The lowest BCUT2D eigenvalue weighted by Gasteiger charge is -2.16. The van der Waals surface area contributed by atoms with E-state index in [0.717, 1.165) is 41.0 Å². The minimum atomic E-state index is -1.04. The minimum Gasteiger partial charge on any atom is -0.505 e. The molecule has 0 amide bonds. The SMILES string of the molecule is Cc1cc(Nc2ncnn3ccc(C4CCN(CC(O)=C(O)O)C4)c23)ccc1Oc1ccn2ncnc2c1. The number of hydrogen-bond acceptors (Lipinski definition) is 10. The van der Waals surface area contributed by atoms with Crippen molar-refractivity contribution in [1.82, 2.24) is 34.1 Å². The van der Waals surface area contributed by atoms with Gasteiger partial charge in [-0.15, -0.1) is 0 Å². The number of fused-ring (bicyclic) bond motifs is 2. The summed E-state index contributed by atoms with van der Waals surface area (Å²) in [6.07, 6.45) is 7.58. The van der Waals surface area contributed by atoms with Crippen LogP contribution in [0.1, 0.15) is 23.5 Å². The van der Waals surface area contributed by atoms with Gasteiger partial charge in [0, 0.05) is 36.6 Å². The van der Waals surface area contributed by atoms with Gasteiger partial charge in [0.05, 0.1) is 6.54 Å². The van der Waals surface area contributed by atoms with Crippen LogP contribution in [-0.2, 0) is 0 Å². The summed E-state index contributed by atoms with van der Waals surface area (Å²) in [6, 6.07) is 11.6. The highest BCUT2D eigenvalue weighted by molar-refractivity contribution is 5.77. The van der Waals surface area contributed by atoms with E-state index < -0.39 is 11.7 Å². The van der Waals surface area contributed by atoms with Gasteiger partial charge in [-0.3, -0.25) is 4.90 Å². The molecular formula is C26H26N8O4. The van der Waals surface area contributed by atoms with Gasteiger partial charge in [0.25, 0.3) is 0 Å². The maximum absolute atomic E-state index is 9.73. The van der Waals surface area contributed by atoms with Crippen molar-refractivity contribution in [3.05, 3.63) is 84.3 Å². The first kappa shape index (κ1) is 23.6. The molecule has 0 saturated carbocycles. The number of nitrogens with one attached hydrogen (secondary N) is 1. The van der Waals surface area contributed by atoms with Crippen molar-refractivity contribution < 1.29 is 20.1 Å². The fourth-order valence-electron chi connectivity index (χ4n) is 4.88. The zero-order valence-corrected chi connectivity index (χ0v) is 20.6. The zero-order chi connectivity index (χ0) is 26.2. The van der Waals surface area contributed by atoms with Crippen LogP contribution in [0.3, 0.4) is 0 Å². The number of anilines is 2. The van der Waals surface area contributed by atoms with Gasteiger partial charge in [-0.25, -0.2) is 19.0 Å². The zero-order valence-electron chi connectivity index (χ0n) is 20.6. The summed E-state index contributed by atoms with van der Waals surface area (Å²) in [7, 11) is 0. The Hall–Kier alpha value is -4.84. The molecule has 1 aliphatic rings. The predicted molar refractivity (Wildman–Crippen MR) is 139 cm³/mol. The average Bonchev–Trinajstić information content (AvgIpc) is 3.65. The molecule has 1 unspecified atom stereocenters. The summed E-state index contributed by atoms with van der Waals surface area (Å²) in [5.74, 6) is 0.798. The van der Waals surface area contributed by atoms with Crippen molar-refractivity contribution in [2.24, 2.45) is 0 Å². The third-order valence-electron chi connectivity index (χ3n) is 6.75. The number of nitrogens with zero attached hydrogens (tertiary/aromatic N) is 7. The maximum Gasteiger partial charge on any atom is 0.315 e. The normalized spacial score (nSPS) is 15.8. The largest absolute Gasteiger partial charge is 0.505 e. The Morgan fingerprint density at radius 2 is 1.84 bits per heavy atom. The van der Waals surface area contributed by atoms with E-state index in [9.17, 15) is 5.11 Å². The van der Waals surface area contributed by atoms with Gasteiger partial charge >= 0.3 is 5.95 Å². The molecule has 12 nitrogen and oxygen atoms in total. The molecule has 12 heteroatoms. The monoisotopic (exact) mass is 514 g/mol. The third kappa shape index (κ3) is 4.52. The third-order valence-corrected chi connectivity index (χ3v) is 6.75. The van der Waals surface area contributed by atoms with E-state index in [1.54, 1.807) is 15.2 Å². The number of hydrogen-bond donors (Lipinski definition) is 4. The van der Waals surface area contributed by atoms with E-state index in [1.165, 1.54) is 12.7 Å². The highest BCUT2D eigenvalue weighted by Crippen LogP contribution is 2.35. The van der Waals surface area contributed by atoms with E-state index in [2.05, 4.69) is 25.5 Å². The van der Waals surface area contributed by atoms with Gasteiger partial charge in [0.1, 0.15) is 29.7 Å². The van der Waals surface area contributed by atoms with Crippen molar-refractivity contribution >= 4 is 22.7 Å². The van der Waals surface area contributed by atoms with Crippen molar-refractivity contribution in [3.8, 4) is 11.5 Å². The van der Waals surface area contributed by atoms with Crippen LogP contribution < -0.4 is 10.1 Å². The van der Waals surface area contributed by atoms with Gasteiger partial charge in [-0.05, 0) is 61.3 Å². The standard InChI is InChI=1S/C26H26N8O4/c1-16-10-18(2-3-22(16)38-19-5-8-33-23(11-19)27-14-29-33)31-25-24-20(6-9-34(24)30-15-28-25)17-4-7-32(12-17)13-21(35)26(36)37/h2-3,5-6,8-11,14-15,17,35-37H,4,7,12-13H2,1H3,(H,28,30,31). The van der Waals surface area contributed by atoms with Crippen LogP contribution in [0.2, 0.25) is 0 Å². The Bertz CT molecular complexity index is 1660. The molecule has 0 spiro atoms. The smallest absolute Gasteiger partial charge is 0.315 e. The number of rotatable bonds is 7. The number of pyridine rings is 1. The van der Waals surface area contributed by atoms with E-state index in [0.29, 0.717) is 23.8 Å². The van der Waals surface area contributed by atoms with Crippen LogP contribution in [0, 0.1) is 6.92 Å². The van der Waals surface area contributed by atoms with Crippen molar-refractivity contribution in [3.63, 3.8) is 0 Å². The molecule has 0 aliphatic carbocycles. The molecular weight excluding hydrogens is 488 g/mol. The molecule has 5 heterocycles. The van der Waals surface area contributed by atoms with E-state index in [-0.39, 0.29) is 12.5 Å². The predicted octanol–water partition coefficient (Wildman–Crippen LogP) is 4.25. The number of likely N-dealkylation sites (tertiary alicyclic amines) is 1. The Kier molecular flexibility index (Phi) is 5.92. The topological polar surface area (TPSA) is 146 Å². The molecule has 1 aliphatic heterocycles. The van der Waals surface area contributed by atoms with Crippen molar-refractivity contribution in [2.75, 3.05) is 25.0 Å². The minimum absolute atomic E-state index is 0.0900. The van der Waals surface area contributed by atoms with Crippen LogP contribution in [0.25, 0.3) is 11.2 Å². The lowest BCUT2D eigenvalue weighted by atomic mass is 9.99. The summed E-state index contributed by atoms with van der Waals surface area (Å²) >= 11 is 0. The molecule has 1 atom stereocenters. The highest BCUT2D eigenvalue weighted by Gasteiger charge is 2.28. The first-order valence-electron chi connectivity index (χ1n) is 12.1. The summed E-state index contributed by atoms with van der Waals surface area (Å²) in [6.45, 7) is 3.46. The lowest BCUT2D eigenvalue weighted by Crippen LogP contribution is -2.23. The van der Waals surface area contributed by atoms with Gasteiger partial charge in [-0.1, -0.05) is 0 Å². The Labute approximate surface area is 217 Å². The second-order valence-corrected chi connectivity index (χ2v) is 9.30. The quantitative estimate of drug-likeness (QED) is 0.233. The number of aromatic nitrogens is 6. The maximum atomic E-state index is 9.73. The molecule has 194 valence electrons. The Morgan fingerprint density at radius 1 is 1.03 bits per heavy atom. The van der Waals surface area contributed by atoms with E-state index in [4.69, 9.17) is 14.9 Å². The molecule has 1 aromatic carbocycles. The number of benzene rings is 1. The molecule has 1 fully saturated rings. The summed E-state index contributed by atoms with van der Waals surface area (Å²) in [5, 5.41) is 39.8. The molecule has 0 bridgehead atoms. The van der Waals surface area contributed by atoms with E-state index in [1.807, 2.05) is 54.4 Å². The number of aliphatic hydroxyl groups excluding tert-OH is 2. The van der Waals surface area contributed by atoms with Gasteiger partial charge < -0.3 is 25.4 Å². The van der Waals surface area contributed by atoms with Crippen LogP contribution in [-0.4, -0.2) is 69.0 Å². The second kappa shape index (κ2) is 9.56. The molecule has 6 rings (SSSR count). The fraction of sp³-hybridized carbons (Fsp3) is 0.231. The van der Waals surface area contributed by atoms with Crippen molar-refractivity contribution in [2.45, 2.75) is 19.3 Å². The molecule has 38 heavy (non-hydrogen) atoms. The van der Waals surface area contributed by atoms with Crippen LogP contribution in [0.4, 0.5) is 11.5 Å². The molecule has 1 saturated heterocycles. The summed E-state index contributed by atoms with van der Waals surface area (Å²) < 4.78 is 9.57.